The first-order valence-electron chi connectivity index (χ1n) is 6.87. The van der Waals surface area contributed by atoms with Crippen LogP contribution in [0.5, 0.6) is 0 Å². The van der Waals surface area contributed by atoms with E-state index >= 15 is 0 Å². The summed E-state index contributed by atoms with van der Waals surface area (Å²) < 4.78 is 0. The molecule has 0 aromatic heterocycles. The largest absolute Gasteiger partial charge is 0.356 e. The van der Waals surface area contributed by atoms with E-state index in [1.54, 1.807) is 0 Å². The summed E-state index contributed by atoms with van der Waals surface area (Å²) in [6.07, 6.45) is 1.34. The fourth-order valence-corrected chi connectivity index (χ4v) is 2.78. The van der Waals surface area contributed by atoms with E-state index in [9.17, 15) is 9.59 Å². The molecule has 1 aromatic rings. The zero-order valence-corrected chi connectivity index (χ0v) is 12.7. The second kappa shape index (κ2) is 6.79. The van der Waals surface area contributed by atoms with Gasteiger partial charge in [0.1, 0.15) is 0 Å². The number of hydrogen-bond acceptors (Lipinski definition) is 3. The molecule has 2 amide bonds. The molecule has 5 heteroatoms. The van der Waals surface area contributed by atoms with Gasteiger partial charge in [0, 0.05) is 11.4 Å². The Morgan fingerprint density at radius 1 is 1.45 bits per heavy atom. The van der Waals surface area contributed by atoms with Crippen LogP contribution >= 0.6 is 11.8 Å². The number of nitrogens with one attached hydrogen (secondary N) is 2. The van der Waals surface area contributed by atoms with E-state index in [0.29, 0.717) is 24.6 Å². The average Bonchev–Trinajstić information content (AvgIpc) is 2.37. The maximum atomic E-state index is 11.8. The van der Waals surface area contributed by atoms with E-state index in [1.807, 2.05) is 18.2 Å². The van der Waals surface area contributed by atoms with E-state index in [0.717, 1.165) is 22.6 Å². The lowest BCUT2D eigenvalue weighted by Crippen LogP contribution is -2.27. The molecule has 1 aliphatic rings. The lowest BCUT2D eigenvalue weighted by Gasteiger charge is -2.17. The SMILES string of the molecule is CC(C)CCNC(=O)Cc1ccc2c(c1)NC(=O)CS2. The van der Waals surface area contributed by atoms with Gasteiger partial charge in [0.2, 0.25) is 11.8 Å². The fraction of sp³-hybridized carbons (Fsp3) is 0.467. The molecule has 0 unspecified atom stereocenters. The van der Waals surface area contributed by atoms with Crippen LogP contribution in [0.3, 0.4) is 0 Å². The first-order valence-corrected chi connectivity index (χ1v) is 7.85. The molecule has 108 valence electrons. The molecule has 1 aromatic carbocycles. The number of thioether (sulfide) groups is 1. The maximum absolute atomic E-state index is 11.8. The van der Waals surface area contributed by atoms with Crippen molar-refractivity contribution < 1.29 is 9.59 Å². The molecule has 1 heterocycles. The highest BCUT2D eigenvalue weighted by molar-refractivity contribution is 8.00. The van der Waals surface area contributed by atoms with Crippen molar-refractivity contribution in [2.75, 3.05) is 17.6 Å². The number of fused-ring (bicyclic) bond motifs is 1. The Balaban J connectivity index is 1.91. The van der Waals surface area contributed by atoms with Crippen LogP contribution in [0, 0.1) is 5.92 Å². The Morgan fingerprint density at radius 2 is 2.25 bits per heavy atom. The minimum Gasteiger partial charge on any atom is -0.356 e. The number of carbonyl (C=O) groups excluding carboxylic acids is 2. The third kappa shape index (κ3) is 4.27. The number of anilines is 1. The smallest absolute Gasteiger partial charge is 0.234 e. The quantitative estimate of drug-likeness (QED) is 0.876. The van der Waals surface area contributed by atoms with Crippen molar-refractivity contribution in [1.82, 2.24) is 5.32 Å². The summed E-state index contributed by atoms with van der Waals surface area (Å²) in [5.74, 6) is 1.09. The highest BCUT2D eigenvalue weighted by atomic mass is 32.2. The summed E-state index contributed by atoms with van der Waals surface area (Å²) in [6, 6.07) is 5.81. The number of benzene rings is 1. The van der Waals surface area contributed by atoms with Crippen molar-refractivity contribution >= 4 is 29.3 Å². The Morgan fingerprint density at radius 3 is 3.00 bits per heavy atom. The van der Waals surface area contributed by atoms with Crippen molar-refractivity contribution in [3.05, 3.63) is 23.8 Å². The predicted octanol–water partition coefficient (Wildman–Crippen LogP) is 2.44. The van der Waals surface area contributed by atoms with Gasteiger partial charge in [0.25, 0.3) is 0 Å². The molecule has 0 saturated carbocycles. The van der Waals surface area contributed by atoms with E-state index in [4.69, 9.17) is 0 Å². The molecule has 0 atom stereocenters. The third-order valence-electron chi connectivity index (χ3n) is 3.09. The topological polar surface area (TPSA) is 58.2 Å². The van der Waals surface area contributed by atoms with Crippen LogP contribution in [0.25, 0.3) is 0 Å². The minimum atomic E-state index is 0.0148. The molecule has 0 bridgehead atoms. The Labute approximate surface area is 123 Å². The zero-order chi connectivity index (χ0) is 14.5. The predicted molar refractivity (Wildman–Crippen MR) is 82.0 cm³/mol. The Hall–Kier alpha value is -1.49. The highest BCUT2D eigenvalue weighted by Gasteiger charge is 2.16. The van der Waals surface area contributed by atoms with Gasteiger partial charge in [-0.25, -0.2) is 0 Å². The molecule has 2 N–H and O–H groups in total. The molecule has 4 nitrogen and oxygen atoms in total. The van der Waals surface area contributed by atoms with Crippen LogP contribution in [0.2, 0.25) is 0 Å². The molecular formula is C15H20N2O2S. The second-order valence-corrected chi connectivity index (χ2v) is 6.39. The molecule has 2 rings (SSSR count). The molecular weight excluding hydrogens is 272 g/mol. The van der Waals surface area contributed by atoms with Gasteiger partial charge in [-0.15, -0.1) is 11.8 Å². The monoisotopic (exact) mass is 292 g/mol. The van der Waals surface area contributed by atoms with Crippen molar-refractivity contribution in [2.24, 2.45) is 5.92 Å². The van der Waals surface area contributed by atoms with Crippen molar-refractivity contribution in [1.29, 1.82) is 0 Å². The van der Waals surface area contributed by atoms with Crippen LogP contribution in [-0.4, -0.2) is 24.1 Å². The summed E-state index contributed by atoms with van der Waals surface area (Å²) in [5.41, 5.74) is 1.74. The van der Waals surface area contributed by atoms with Crippen LogP contribution in [-0.2, 0) is 16.0 Å². The fourth-order valence-electron chi connectivity index (χ4n) is 1.99. The van der Waals surface area contributed by atoms with Gasteiger partial charge in [0.05, 0.1) is 17.9 Å². The number of amides is 2. The number of hydrogen-bond donors (Lipinski definition) is 2. The standard InChI is InChI=1S/C15H20N2O2S/c1-10(2)5-6-16-14(18)8-11-3-4-13-12(7-11)17-15(19)9-20-13/h3-4,7,10H,5-6,8-9H2,1-2H3,(H,16,18)(H,17,19). The van der Waals surface area contributed by atoms with Gasteiger partial charge in [-0.3, -0.25) is 9.59 Å². The van der Waals surface area contributed by atoms with E-state index < -0.39 is 0 Å². The van der Waals surface area contributed by atoms with Crippen LogP contribution in [0.1, 0.15) is 25.8 Å². The summed E-state index contributed by atoms with van der Waals surface area (Å²) >= 11 is 1.53. The normalized spacial score (nSPS) is 13.8. The molecule has 0 fully saturated rings. The van der Waals surface area contributed by atoms with E-state index in [-0.39, 0.29) is 11.8 Å². The zero-order valence-electron chi connectivity index (χ0n) is 11.9. The summed E-state index contributed by atoms with van der Waals surface area (Å²) in [6.45, 7) is 4.99. The first-order chi connectivity index (χ1) is 9.54. The summed E-state index contributed by atoms with van der Waals surface area (Å²) in [4.78, 5) is 24.2. The van der Waals surface area contributed by atoms with Crippen molar-refractivity contribution in [2.45, 2.75) is 31.6 Å². The van der Waals surface area contributed by atoms with Gasteiger partial charge in [0.15, 0.2) is 0 Å². The average molecular weight is 292 g/mol. The molecule has 20 heavy (non-hydrogen) atoms. The number of rotatable bonds is 5. The van der Waals surface area contributed by atoms with Crippen molar-refractivity contribution in [3.8, 4) is 0 Å². The molecule has 0 spiro atoms. The lowest BCUT2D eigenvalue weighted by molar-refractivity contribution is -0.120. The van der Waals surface area contributed by atoms with Gasteiger partial charge in [-0.1, -0.05) is 19.9 Å². The molecule has 0 saturated heterocycles. The lowest BCUT2D eigenvalue weighted by atomic mass is 10.1. The number of carbonyl (C=O) groups is 2. The van der Waals surface area contributed by atoms with Crippen LogP contribution in [0.4, 0.5) is 5.69 Å². The van der Waals surface area contributed by atoms with Crippen LogP contribution in [0.15, 0.2) is 23.1 Å². The molecule has 0 radical (unpaired) electrons. The third-order valence-corrected chi connectivity index (χ3v) is 4.16. The van der Waals surface area contributed by atoms with E-state index in [2.05, 4.69) is 24.5 Å². The van der Waals surface area contributed by atoms with Crippen LogP contribution < -0.4 is 10.6 Å². The van der Waals surface area contributed by atoms with Gasteiger partial charge >= 0.3 is 0 Å². The van der Waals surface area contributed by atoms with Gasteiger partial charge in [-0.05, 0) is 30.0 Å². The maximum Gasteiger partial charge on any atom is 0.234 e. The van der Waals surface area contributed by atoms with E-state index in [1.165, 1.54) is 11.8 Å². The Kier molecular flexibility index (Phi) is 5.06. The summed E-state index contributed by atoms with van der Waals surface area (Å²) in [7, 11) is 0. The summed E-state index contributed by atoms with van der Waals surface area (Å²) in [5, 5.41) is 5.76. The Bertz CT molecular complexity index is 515. The highest BCUT2D eigenvalue weighted by Crippen LogP contribution is 2.31. The second-order valence-electron chi connectivity index (χ2n) is 5.38. The molecule has 1 aliphatic heterocycles. The van der Waals surface area contributed by atoms with Gasteiger partial charge in [-0.2, -0.15) is 0 Å². The first kappa shape index (κ1) is 14.9. The van der Waals surface area contributed by atoms with Crippen molar-refractivity contribution in [3.63, 3.8) is 0 Å². The minimum absolute atomic E-state index is 0.0148. The molecule has 0 aliphatic carbocycles. The van der Waals surface area contributed by atoms with Gasteiger partial charge < -0.3 is 10.6 Å².